The first-order valence-corrected chi connectivity index (χ1v) is 9.24. The van der Waals surface area contributed by atoms with Crippen molar-refractivity contribution in [2.45, 2.75) is 58.3 Å². The summed E-state index contributed by atoms with van der Waals surface area (Å²) in [4.78, 5) is 0. The zero-order valence-corrected chi connectivity index (χ0v) is 14.8. The molecule has 5 heteroatoms. The van der Waals surface area contributed by atoms with E-state index in [4.69, 9.17) is 18.8 Å². The minimum atomic E-state index is -0.238. The van der Waals surface area contributed by atoms with E-state index < -0.39 is 0 Å². The van der Waals surface area contributed by atoms with Gasteiger partial charge in [-0.1, -0.05) is 32.0 Å². The number of hydrogen-bond donors (Lipinski definition) is 0. The molecule has 4 nitrogen and oxygen atoms in total. The normalized spacial score (nSPS) is 29.5. The minimum absolute atomic E-state index is 0.0404. The molecule has 2 unspecified atom stereocenters. The Labute approximate surface area is 145 Å². The summed E-state index contributed by atoms with van der Waals surface area (Å²) in [7, 11) is -0.238. The Morgan fingerprint density at radius 2 is 1.96 bits per heavy atom. The average molecular weight is 330 g/mol. The summed E-state index contributed by atoms with van der Waals surface area (Å²) < 4.78 is 24.0. The summed E-state index contributed by atoms with van der Waals surface area (Å²) in [5.41, 5.74) is 3.92. The van der Waals surface area contributed by atoms with Gasteiger partial charge in [-0.2, -0.15) is 0 Å². The summed E-state index contributed by atoms with van der Waals surface area (Å²) in [5.74, 6) is 0. The monoisotopic (exact) mass is 330 g/mol. The van der Waals surface area contributed by atoms with E-state index in [0.29, 0.717) is 0 Å². The average Bonchev–Trinajstić information content (AvgIpc) is 2.99. The lowest BCUT2D eigenvalue weighted by Crippen LogP contribution is -2.48. The lowest BCUT2D eigenvalue weighted by molar-refractivity contribution is -0.189. The second-order valence-corrected chi connectivity index (χ2v) is 7.99. The number of fused-ring (bicyclic) bond motifs is 1. The van der Waals surface area contributed by atoms with Gasteiger partial charge in [-0.3, -0.25) is 0 Å². The molecule has 0 N–H and O–H groups in total. The zero-order chi connectivity index (χ0) is 16.6. The molecular weight excluding hydrogens is 303 g/mol. The van der Waals surface area contributed by atoms with Crippen LogP contribution < -0.4 is 5.46 Å². The lowest BCUT2D eigenvalue weighted by atomic mass is 9.72. The summed E-state index contributed by atoms with van der Waals surface area (Å²) in [6, 6.07) is 6.43. The van der Waals surface area contributed by atoms with E-state index in [1.807, 2.05) is 0 Å². The zero-order valence-electron chi connectivity index (χ0n) is 14.8. The molecule has 4 rings (SSSR count). The Morgan fingerprint density at radius 3 is 2.71 bits per heavy atom. The van der Waals surface area contributed by atoms with Crippen LogP contribution in [0.1, 0.15) is 56.8 Å². The summed E-state index contributed by atoms with van der Waals surface area (Å²) in [6.07, 6.45) is 5.50. The van der Waals surface area contributed by atoms with Crippen molar-refractivity contribution in [1.29, 1.82) is 0 Å². The molecule has 24 heavy (non-hydrogen) atoms. The van der Waals surface area contributed by atoms with Gasteiger partial charge in [0.15, 0.2) is 6.29 Å². The Morgan fingerprint density at radius 1 is 1.12 bits per heavy atom. The van der Waals surface area contributed by atoms with E-state index in [0.717, 1.165) is 45.5 Å². The fourth-order valence-electron chi connectivity index (χ4n) is 3.88. The maximum atomic E-state index is 6.25. The molecule has 2 atom stereocenters. The molecule has 0 aromatic heterocycles. The Bertz CT molecular complexity index is 573. The summed E-state index contributed by atoms with van der Waals surface area (Å²) in [5, 5.41) is 0. The van der Waals surface area contributed by atoms with E-state index in [1.54, 1.807) is 0 Å². The van der Waals surface area contributed by atoms with Crippen LogP contribution in [0.4, 0.5) is 0 Å². The van der Waals surface area contributed by atoms with Crippen LogP contribution in [0, 0.1) is 5.41 Å². The Kier molecular flexibility index (Phi) is 4.69. The van der Waals surface area contributed by atoms with Crippen molar-refractivity contribution in [3.8, 4) is 0 Å². The van der Waals surface area contributed by atoms with E-state index in [2.05, 4.69) is 32.0 Å². The third kappa shape index (κ3) is 3.41. The first kappa shape index (κ1) is 16.6. The van der Waals surface area contributed by atoms with Crippen LogP contribution in [0.15, 0.2) is 18.2 Å². The van der Waals surface area contributed by atoms with Gasteiger partial charge >= 0.3 is 7.12 Å². The van der Waals surface area contributed by atoms with Crippen molar-refractivity contribution in [2.24, 2.45) is 5.41 Å². The highest BCUT2D eigenvalue weighted by Crippen LogP contribution is 2.36. The summed E-state index contributed by atoms with van der Waals surface area (Å²) in [6.45, 7) is 6.64. The smallest absolute Gasteiger partial charge is 0.407 e. The van der Waals surface area contributed by atoms with E-state index >= 15 is 0 Å². The molecule has 0 bridgehead atoms. The van der Waals surface area contributed by atoms with Gasteiger partial charge in [-0.05, 0) is 48.7 Å². The van der Waals surface area contributed by atoms with Crippen LogP contribution in [-0.2, 0) is 25.2 Å². The molecule has 1 aliphatic carbocycles. The van der Waals surface area contributed by atoms with E-state index in [1.165, 1.54) is 23.0 Å². The molecule has 130 valence electrons. The van der Waals surface area contributed by atoms with Crippen LogP contribution in [0.25, 0.3) is 0 Å². The number of benzene rings is 1. The number of ether oxygens (including phenoxy) is 2. The van der Waals surface area contributed by atoms with E-state index in [-0.39, 0.29) is 24.9 Å². The molecule has 0 amide bonds. The molecule has 2 fully saturated rings. The predicted molar refractivity (Wildman–Crippen MR) is 93.3 cm³/mol. The molecule has 0 radical (unpaired) electrons. The molecule has 0 saturated carbocycles. The highest BCUT2D eigenvalue weighted by Gasteiger charge is 2.37. The van der Waals surface area contributed by atoms with Crippen LogP contribution in [-0.4, -0.2) is 33.2 Å². The van der Waals surface area contributed by atoms with Gasteiger partial charge in [-0.15, -0.1) is 0 Å². The number of hydrogen-bond acceptors (Lipinski definition) is 4. The second kappa shape index (κ2) is 6.79. The van der Waals surface area contributed by atoms with Gasteiger partial charge in [0.1, 0.15) is 0 Å². The fourth-order valence-corrected chi connectivity index (χ4v) is 3.88. The summed E-state index contributed by atoms with van der Waals surface area (Å²) >= 11 is 0. The van der Waals surface area contributed by atoms with Crippen molar-refractivity contribution in [1.82, 2.24) is 0 Å². The van der Waals surface area contributed by atoms with E-state index in [9.17, 15) is 0 Å². The minimum Gasteiger partial charge on any atom is -0.407 e. The third-order valence-electron chi connectivity index (χ3n) is 5.21. The van der Waals surface area contributed by atoms with Gasteiger partial charge in [0, 0.05) is 25.2 Å². The molecule has 3 aliphatic rings. The molecular formula is C19H27BO4. The van der Waals surface area contributed by atoms with Crippen molar-refractivity contribution in [3.63, 3.8) is 0 Å². The van der Waals surface area contributed by atoms with Gasteiger partial charge < -0.3 is 18.8 Å². The van der Waals surface area contributed by atoms with Crippen molar-refractivity contribution in [3.05, 3.63) is 29.3 Å². The SMILES string of the molecule is CC1(C)COB(c2cccc3c2CCC3OC2CCCCO2)OC1. The molecule has 2 aliphatic heterocycles. The van der Waals surface area contributed by atoms with Gasteiger partial charge in [0.05, 0.1) is 6.10 Å². The van der Waals surface area contributed by atoms with Gasteiger partial charge in [0.2, 0.25) is 0 Å². The van der Waals surface area contributed by atoms with Crippen LogP contribution >= 0.6 is 0 Å². The van der Waals surface area contributed by atoms with Crippen molar-refractivity contribution in [2.75, 3.05) is 19.8 Å². The van der Waals surface area contributed by atoms with Crippen molar-refractivity contribution >= 4 is 12.6 Å². The lowest BCUT2D eigenvalue weighted by Gasteiger charge is -2.33. The second-order valence-electron chi connectivity index (χ2n) is 7.99. The van der Waals surface area contributed by atoms with Gasteiger partial charge in [0.25, 0.3) is 0 Å². The highest BCUT2D eigenvalue weighted by molar-refractivity contribution is 6.62. The fraction of sp³-hybridized carbons (Fsp3) is 0.684. The third-order valence-corrected chi connectivity index (χ3v) is 5.21. The maximum absolute atomic E-state index is 6.25. The van der Waals surface area contributed by atoms with Crippen LogP contribution in [0.3, 0.4) is 0 Å². The van der Waals surface area contributed by atoms with Crippen LogP contribution in [0.2, 0.25) is 0 Å². The maximum Gasteiger partial charge on any atom is 0.494 e. The molecule has 2 saturated heterocycles. The largest absolute Gasteiger partial charge is 0.494 e. The number of rotatable bonds is 3. The van der Waals surface area contributed by atoms with Crippen LogP contribution in [0.5, 0.6) is 0 Å². The van der Waals surface area contributed by atoms with Crippen molar-refractivity contribution < 1.29 is 18.8 Å². The predicted octanol–water partition coefficient (Wildman–Crippen LogP) is 2.99. The molecule has 1 aromatic rings. The Balaban J connectivity index is 1.49. The molecule has 1 aromatic carbocycles. The Hall–Kier alpha value is -0.875. The molecule has 2 heterocycles. The quantitative estimate of drug-likeness (QED) is 0.799. The topological polar surface area (TPSA) is 36.9 Å². The standard InChI is InChI=1S/C19H27BO4/c1-19(2)12-22-20(23-13-19)16-7-5-6-15-14(16)9-10-17(15)24-18-8-3-4-11-21-18/h5-7,17-18H,3-4,8-13H2,1-2H3. The first-order chi connectivity index (χ1) is 11.6. The highest BCUT2D eigenvalue weighted by atomic mass is 16.7. The van der Waals surface area contributed by atoms with Gasteiger partial charge in [-0.25, -0.2) is 0 Å². The molecule has 0 spiro atoms. The first-order valence-electron chi connectivity index (χ1n) is 9.24.